The average Bonchev–Trinajstić information content (AvgIpc) is 3.53. The van der Waals surface area contributed by atoms with Gasteiger partial charge in [-0.1, -0.05) is 42.5 Å². The molecule has 0 radical (unpaired) electrons. The average molecular weight is 360 g/mol. The van der Waals surface area contributed by atoms with Crippen LogP contribution in [0.2, 0.25) is 0 Å². The van der Waals surface area contributed by atoms with Crippen LogP contribution in [0.5, 0.6) is 5.75 Å². The Kier molecular flexibility index (Phi) is 5.19. The minimum absolute atomic E-state index is 0.549. The van der Waals surface area contributed by atoms with Gasteiger partial charge in [-0.05, 0) is 37.0 Å². The van der Waals surface area contributed by atoms with Crippen LogP contribution in [0.15, 0.2) is 60.7 Å². The molecule has 0 unspecified atom stereocenters. The van der Waals surface area contributed by atoms with Gasteiger partial charge >= 0.3 is 0 Å². The Bertz CT molecular complexity index is 894. The van der Waals surface area contributed by atoms with Crippen molar-refractivity contribution in [1.82, 2.24) is 9.97 Å². The van der Waals surface area contributed by atoms with E-state index in [1.54, 1.807) is 7.11 Å². The Labute approximate surface area is 159 Å². The minimum atomic E-state index is 0.549. The summed E-state index contributed by atoms with van der Waals surface area (Å²) in [6.45, 7) is 0.758. The maximum atomic E-state index is 5.29. The molecule has 1 aliphatic rings. The number of rotatable bonds is 8. The second-order valence-electron chi connectivity index (χ2n) is 6.77. The quantitative estimate of drug-likeness (QED) is 0.624. The molecule has 27 heavy (non-hydrogen) atoms. The van der Waals surface area contributed by atoms with Gasteiger partial charge in [0.15, 0.2) is 0 Å². The standard InChI is InChI=1S/C22H24N4O/c1-27-19-9-5-6-16(14-19)12-13-23-22-25-20(17-7-3-2-4-8-17)15-21(26-22)24-18-10-11-18/h2-9,14-15,18H,10-13H2,1H3,(H2,23,24,25,26). The van der Waals surface area contributed by atoms with Crippen molar-refractivity contribution in [1.29, 1.82) is 0 Å². The van der Waals surface area contributed by atoms with Crippen LogP contribution in [0.4, 0.5) is 11.8 Å². The van der Waals surface area contributed by atoms with E-state index in [1.165, 1.54) is 18.4 Å². The molecule has 0 aliphatic heterocycles. The first-order valence-corrected chi connectivity index (χ1v) is 9.38. The van der Waals surface area contributed by atoms with E-state index in [2.05, 4.69) is 39.9 Å². The lowest BCUT2D eigenvalue weighted by Gasteiger charge is -2.11. The first kappa shape index (κ1) is 17.3. The fourth-order valence-electron chi connectivity index (χ4n) is 2.94. The number of anilines is 2. The van der Waals surface area contributed by atoms with Crippen molar-refractivity contribution in [3.8, 4) is 17.0 Å². The van der Waals surface area contributed by atoms with E-state index in [-0.39, 0.29) is 0 Å². The molecule has 0 amide bonds. The predicted molar refractivity (Wildman–Crippen MR) is 109 cm³/mol. The highest BCUT2D eigenvalue weighted by Gasteiger charge is 2.22. The highest BCUT2D eigenvalue weighted by molar-refractivity contribution is 5.64. The molecular weight excluding hydrogens is 336 g/mol. The third-order valence-corrected chi connectivity index (χ3v) is 4.56. The number of nitrogens with zero attached hydrogens (tertiary/aromatic N) is 2. The van der Waals surface area contributed by atoms with Gasteiger partial charge in [0, 0.05) is 24.2 Å². The van der Waals surface area contributed by atoms with Gasteiger partial charge in [0.2, 0.25) is 5.95 Å². The van der Waals surface area contributed by atoms with E-state index in [1.807, 2.05) is 36.4 Å². The Morgan fingerprint density at radius 1 is 1.00 bits per heavy atom. The monoisotopic (exact) mass is 360 g/mol. The summed E-state index contributed by atoms with van der Waals surface area (Å²) in [5.74, 6) is 2.42. The molecule has 1 saturated carbocycles. The first-order valence-electron chi connectivity index (χ1n) is 9.38. The lowest BCUT2D eigenvalue weighted by atomic mass is 10.1. The van der Waals surface area contributed by atoms with Crippen LogP contribution in [0, 0.1) is 0 Å². The van der Waals surface area contributed by atoms with Crippen LogP contribution >= 0.6 is 0 Å². The summed E-state index contributed by atoms with van der Waals surface area (Å²) in [6, 6.07) is 20.9. The number of aromatic nitrogens is 2. The van der Waals surface area contributed by atoms with Gasteiger partial charge in [-0.3, -0.25) is 0 Å². The van der Waals surface area contributed by atoms with Gasteiger partial charge in [-0.25, -0.2) is 4.98 Å². The lowest BCUT2D eigenvalue weighted by molar-refractivity contribution is 0.414. The van der Waals surface area contributed by atoms with E-state index < -0.39 is 0 Å². The van der Waals surface area contributed by atoms with E-state index >= 15 is 0 Å². The van der Waals surface area contributed by atoms with Crippen molar-refractivity contribution in [2.45, 2.75) is 25.3 Å². The van der Waals surface area contributed by atoms with Crippen LogP contribution in [0.1, 0.15) is 18.4 Å². The Morgan fingerprint density at radius 3 is 2.63 bits per heavy atom. The molecule has 1 aromatic heterocycles. The summed E-state index contributed by atoms with van der Waals surface area (Å²) < 4.78 is 5.29. The molecular formula is C22H24N4O. The SMILES string of the molecule is COc1cccc(CCNc2nc(NC3CC3)cc(-c3ccccc3)n2)c1. The van der Waals surface area contributed by atoms with Gasteiger partial charge < -0.3 is 15.4 Å². The maximum absolute atomic E-state index is 5.29. The molecule has 0 spiro atoms. The smallest absolute Gasteiger partial charge is 0.225 e. The third kappa shape index (κ3) is 4.76. The number of nitrogens with one attached hydrogen (secondary N) is 2. The Hall–Kier alpha value is -3.08. The summed E-state index contributed by atoms with van der Waals surface area (Å²) in [7, 11) is 1.69. The normalized spacial score (nSPS) is 13.2. The minimum Gasteiger partial charge on any atom is -0.497 e. The highest BCUT2D eigenvalue weighted by Crippen LogP contribution is 2.27. The van der Waals surface area contributed by atoms with Crippen LogP contribution in [-0.2, 0) is 6.42 Å². The Morgan fingerprint density at radius 2 is 1.85 bits per heavy atom. The van der Waals surface area contributed by atoms with Crippen LogP contribution < -0.4 is 15.4 Å². The molecule has 5 heteroatoms. The fourth-order valence-corrected chi connectivity index (χ4v) is 2.94. The van der Waals surface area contributed by atoms with Crippen molar-refractivity contribution in [2.75, 3.05) is 24.3 Å². The largest absolute Gasteiger partial charge is 0.497 e. The summed E-state index contributed by atoms with van der Waals surface area (Å²) in [5, 5.41) is 6.85. The molecule has 2 N–H and O–H groups in total. The molecule has 138 valence electrons. The number of ether oxygens (including phenoxy) is 1. The van der Waals surface area contributed by atoms with Gasteiger partial charge in [-0.2, -0.15) is 4.98 Å². The molecule has 0 atom stereocenters. The summed E-state index contributed by atoms with van der Waals surface area (Å²) in [4.78, 5) is 9.36. The lowest BCUT2D eigenvalue weighted by Crippen LogP contribution is -2.11. The number of methoxy groups -OCH3 is 1. The Balaban J connectivity index is 1.48. The third-order valence-electron chi connectivity index (χ3n) is 4.56. The zero-order valence-corrected chi connectivity index (χ0v) is 15.5. The highest BCUT2D eigenvalue weighted by atomic mass is 16.5. The summed E-state index contributed by atoms with van der Waals surface area (Å²) in [5.41, 5.74) is 3.24. The van der Waals surface area contributed by atoms with Gasteiger partial charge in [0.1, 0.15) is 11.6 Å². The van der Waals surface area contributed by atoms with Gasteiger partial charge in [0.25, 0.3) is 0 Å². The molecule has 3 aromatic rings. The van der Waals surface area contributed by atoms with Crippen LogP contribution in [0.25, 0.3) is 11.3 Å². The zero-order valence-electron chi connectivity index (χ0n) is 15.5. The van der Waals surface area contributed by atoms with Crippen molar-refractivity contribution < 1.29 is 4.74 Å². The van der Waals surface area contributed by atoms with E-state index in [9.17, 15) is 0 Å². The van der Waals surface area contributed by atoms with Crippen molar-refractivity contribution in [3.63, 3.8) is 0 Å². The van der Waals surface area contributed by atoms with Gasteiger partial charge in [0.05, 0.1) is 12.8 Å². The molecule has 0 bridgehead atoms. The number of benzene rings is 2. The van der Waals surface area contributed by atoms with Crippen molar-refractivity contribution in [3.05, 3.63) is 66.2 Å². The van der Waals surface area contributed by atoms with Crippen molar-refractivity contribution in [2.24, 2.45) is 0 Å². The van der Waals surface area contributed by atoms with Crippen molar-refractivity contribution >= 4 is 11.8 Å². The van der Waals surface area contributed by atoms with E-state index in [0.717, 1.165) is 35.8 Å². The number of hydrogen-bond acceptors (Lipinski definition) is 5. The molecule has 5 nitrogen and oxygen atoms in total. The zero-order chi connectivity index (χ0) is 18.5. The van der Waals surface area contributed by atoms with Gasteiger partial charge in [-0.15, -0.1) is 0 Å². The molecule has 1 fully saturated rings. The number of hydrogen-bond donors (Lipinski definition) is 2. The van der Waals surface area contributed by atoms with E-state index in [0.29, 0.717) is 12.0 Å². The molecule has 1 heterocycles. The van der Waals surface area contributed by atoms with Crippen LogP contribution in [-0.4, -0.2) is 29.7 Å². The topological polar surface area (TPSA) is 59.1 Å². The molecule has 0 saturated heterocycles. The second kappa shape index (κ2) is 8.08. The molecule has 4 rings (SSSR count). The molecule has 2 aromatic carbocycles. The van der Waals surface area contributed by atoms with E-state index in [4.69, 9.17) is 9.72 Å². The first-order chi connectivity index (χ1) is 13.3. The summed E-state index contributed by atoms with van der Waals surface area (Å²) >= 11 is 0. The fraction of sp³-hybridized carbons (Fsp3) is 0.273. The molecule has 1 aliphatic carbocycles. The van der Waals surface area contributed by atoms with Crippen LogP contribution in [0.3, 0.4) is 0 Å². The summed E-state index contributed by atoms with van der Waals surface area (Å²) in [6.07, 6.45) is 3.30. The second-order valence-corrected chi connectivity index (χ2v) is 6.77. The maximum Gasteiger partial charge on any atom is 0.225 e. The predicted octanol–water partition coefficient (Wildman–Crippen LogP) is 4.38.